The lowest BCUT2D eigenvalue weighted by molar-refractivity contribution is 0.281. The number of piperidine rings is 1. The van der Waals surface area contributed by atoms with Gasteiger partial charge in [-0.2, -0.15) is 9.57 Å². The number of nitrogens with zero attached hydrogens (tertiary/aromatic N) is 4. The SMILES string of the molecule is C[C@H]1CCCN(S(=O)(=O)c2ccc3c(c2)nc(SCc2cccc(C#N)c2)n3C2CCCC2)C1. The summed E-state index contributed by atoms with van der Waals surface area (Å²) in [5.74, 6) is 1.10. The third-order valence-electron chi connectivity index (χ3n) is 7.00. The first kappa shape index (κ1) is 23.4. The molecule has 2 aromatic carbocycles. The Kier molecular flexibility index (Phi) is 6.70. The molecule has 1 aromatic heterocycles. The van der Waals surface area contributed by atoms with E-state index in [2.05, 4.69) is 17.6 Å². The molecule has 0 N–H and O–H groups in total. The Bertz CT molecular complexity index is 1340. The third kappa shape index (κ3) is 4.61. The fraction of sp³-hybridized carbons (Fsp3) is 0.462. The molecule has 0 radical (unpaired) electrons. The van der Waals surface area contributed by atoms with Crippen LogP contribution in [0.1, 0.15) is 62.6 Å². The molecule has 1 atom stereocenters. The predicted octanol–water partition coefficient (Wildman–Crippen LogP) is 5.74. The summed E-state index contributed by atoms with van der Waals surface area (Å²) in [6, 6.07) is 15.7. The van der Waals surface area contributed by atoms with E-state index in [0.717, 1.165) is 47.4 Å². The zero-order chi connectivity index (χ0) is 23.7. The molecule has 0 spiro atoms. The van der Waals surface area contributed by atoms with Gasteiger partial charge < -0.3 is 4.57 Å². The maximum Gasteiger partial charge on any atom is 0.243 e. The van der Waals surface area contributed by atoms with E-state index in [1.807, 2.05) is 30.3 Å². The van der Waals surface area contributed by atoms with Crippen molar-refractivity contribution in [2.24, 2.45) is 5.92 Å². The van der Waals surface area contributed by atoms with Gasteiger partial charge >= 0.3 is 0 Å². The normalized spacial score (nSPS) is 20.1. The number of hydrogen-bond acceptors (Lipinski definition) is 5. The van der Waals surface area contributed by atoms with Gasteiger partial charge in [0.2, 0.25) is 10.0 Å². The number of aromatic nitrogens is 2. The summed E-state index contributed by atoms with van der Waals surface area (Å²) < 4.78 is 30.7. The molecule has 1 aliphatic heterocycles. The number of rotatable bonds is 6. The molecular weight excluding hydrogens is 464 g/mol. The fourth-order valence-corrected chi connectivity index (χ4v) is 7.87. The highest BCUT2D eigenvalue weighted by molar-refractivity contribution is 7.98. The Morgan fingerprint density at radius 3 is 2.71 bits per heavy atom. The highest BCUT2D eigenvalue weighted by Gasteiger charge is 2.30. The molecule has 0 amide bonds. The minimum Gasteiger partial charge on any atom is -0.316 e. The second-order valence-corrected chi connectivity index (χ2v) is 12.4. The van der Waals surface area contributed by atoms with E-state index in [9.17, 15) is 13.7 Å². The van der Waals surface area contributed by atoms with Gasteiger partial charge in [0.15, 0.2) is 5.16 Å². The monoisotopic (exact) mass is 494 g/mol. The van der Waals surface area contributed by atoms with Gasteiger partial charge in [0, 0.05) is 24.9 Å². The van der Waals surface area contributed by atoms with Gasteiger partial charge in [-0.25, -0.2) is 13.4 Å². The maximum atomic E-state index is 13.4. The Labute approximate surface area is 206 Å². The van der Waals surface area contributed by atoms with Gasteiger partial charge in [-0.3, -0.25) is 0 Å². The predicted molar refractivity (Wildman–Crippen MR) is 135 cm³/mol. The molecule has 8 heteroatoms. The van der Waals surface area contributed by atoms with E-state index in [4.69, 9.17) is 4.98 Å². The van der Waals surface area contributed by atoms with Crippen molar-refractivity contribution < 1.29 is 8.42 Å². The number of hydrogen-bond donors (Lipinski definition) is 0. The van der Waals surface area contributed by atoms with Gasteiger partial charge in [0.05, 0.1) is 27.6 Å². The Morgan fingerprint density at radius 2 is 1.94 bits per heavy atom. The molecule has 2 heterocycles. The number of fused-ring (bicyclic) bond motifs is 1. The van der Waals surface area contributed by atoms with Crippen molar-refractivity contribution in [3.05, 3.63) is 53.6 Å². The minimum absolute atomic E-state index is 0.337. The molecule has 0 bridgehead atoms. The molecule has 2 fully saturated rings. The van der Waals surface area contributed by atoms with Gasteiger partial charge in [0.1, 0.15) is 0 Å². The van der Waals surface area contributed by atoms with E-state index in [-0.39, 0.29) is 0 Å². The van der Waals surface area contributed by atoms with Crippen molar-refractivity contribution in [3.8, 4) is 6.07 Å². The second-order valence-electron chi connectivity index (χ2n) is 9.56. The Balaban J connectivity index is 1.49. The van der Waals surface area contributed by atoms with Crippen molar-refractivity contribution in [3.63, 3.8) is 0 Å². The lowest BCUT2D eigenvalue weighted by Crippen LogP contribution is -2.39. The van der Waals surface area contributed by atoms with E-state index >= 15 is 0 Å². The number of thioether (sulfide) groups is 1. The first-order chi connectivity index (χ1) is 16.5. The Morgan fingerprint density at radius 1 is 1.12 bits per heavy atom. The molecule has 178 valence electrons. The summed E-state index contributed by atoms with van der Waals surface area (Å²) in [5.41, 5.74) is 3.48. The zero-order valence-corrected chi connectivity index (χ0v) is 21.1. The van der Waals surface area contributed by atoms with E-state index in [1.165, 1.54) is 12.8 Å². The first-order valence-corrected chi connectivity index (χ1v) is 14.5. The highest BCUT2D eigenvalue weighted by Crippen LogP contribution is 2.38. The third-order valence-corrected chi connectivity index (χ3v) is 9.88. The van der Waals surface area contributed by atoms with Crippen molar-refractivity contribution in [1.82, 2.24) is 13.9 Å². The molecule has 3 aromatic rings. The summed E-state index contributed by atoms with van der Waals surface area (Å²) in [4.78, 5) is 5.26. The van der Waals surface area contributed by atoms with E-state index < -0.39 is 10.0 Å². The molecule has 6 nitrogen and oxygen atoms in total. The van der Waals surface area contributed by atoms with E-state index in [0.29, 0.717) is 41.3 Å². The lowest BCUT2D eigenvalue weighted by atomic mass is 10.0. The van der Waals surface area contributed by atoms with Crippen molar-refractivity contribution in [2.75, 3.05) is 13.1 Å². The molecule has 1 aliphatic carbocycles. The summed E-state index contributed by atoms with van der Waals surface area (Å²) in [6.45, 7) is 3.29. The summed E-state index contributed by atoms with van der Waals surface area (Å²) >= 11 is 1.66. The molecule has 2 aliphatic rings. The average molecular weight is 495 g/mol. The maximum absolute atomic E-state index is 13.4. The highest BCUT2D eigenvalue weighted by atomic mass is 32.2. The summed E-state index contributed by atoms with van der Waals surface area (Å²) in [7, 11) is -3.53. The van der Waals surface area contributed by atoms with Crippen molar-refractivity contribution in [1.29, 1.82) is 5.26 Å². The van der Waals surface area contributed by atoms with Crippen LogP contribution in [0.4, 0.5) is 0 Å². The molecular formula is C26H30N4O2S2. The first-order valence-electron chi connectivity index (χ1n) is 12.1. The van der Waals surface area contributed by atoms with Crippen LogP contribution in [0.5, 0.6) is 0 Å². The van der Waals surface area contributed by atoms with Crippen LogP contribution >= 0.6 is 11.8 Å². The average Bonchev–Trinajstić information content (AvgIpc) is 3.49. The number of benzene rings is 2. The zero-order valence-electron chi connectivity index (χ0n) is 19.5. The van der Waals surface area contributed by atoms with Crippen LogP contribution in [0, 0.1) is 17.2 Å². The van der Waals surface area contributed by atoms with Crippen LogP contribution in [0.2, 0.25) is 0 Å². The lowest BCUT2D eigenvalue weighted by Gasteiger charge is -2.30. The smallest absolute Gasteiger partial charge is 0.243 e. The fourth-order valence-electron chi connectivity index (χ4n) is 5.23. The number of nitriles is 1. The largest absolute Gasteiger partial charge is 0.316 e. The van der Waals surface area contributed by atoms with Crippen LogP contribution in [-0.4, -0.2) is 35.4 Å². The summed E-state index contributed by atoms with van der Waals surface area (Å²) in [6.07, 6.45) is 6.64. The number of imidazole rings is 1. The van der Waals surface area contributed by atoms with Crippen LogP contribution in [0.25, 0.3) is 11.0 Å². The van der Waals surface area contributed by atoms with Crippen LogP contribution < -0.4 is 0 Å². The van der Waals surface area contributed by atoms with Crippen LogP contribution in [-0.2, 0) is 15.8 Å². The molecule has 1 saturated heterocycles. The standard InChI is InChI=1S/C26H30N4O2S2/c1-19-6-5-13-29(17-19)34(31,32)23-11-12-25-24(15-23)28-26(30(25)22-9-2-3-10-22)33-18-21-8-4-7-20(14-21)16-27/h4,7-8,11-12,14-15,19,22H,2-3,5-6,9-10,13,17-18H2,1H3/t19-/m0/s1. The summed E-state index contributed by atoms with van der Waals surface area (Å²) in [5, 5.41) is 10.1. The molecule has 0 unspecified atom stereocenters. The van der Waals surface area contributed by atoms with Gasteiger partial charge in [-0.05, 0) is 67.5 Å². The van der Waals surface area contributed by atoms with Gasteiger partial charge in [-0.15, -0.1) is 0 Å². The number of sulfonamides is 1. The van der Waals surface area contributed by atoms with Crippen molar-refractivity contribution in [2.45, 2.75) is 67.3 Å². The van der Waals surface area contributed by atoms with Gasteiger partial charge in [-0.1, -0.05) is 43.7 Å². The van der Waals surface area contributed by atoms with Crippen molar-refractivity contribution >= 4 is 32.8 Å². The minimum atomic E-state index is -3.53. The molecule has 34 heavy (non-hydrogen) atoms. The molecule has 1 saturated carbocycles. The Hall–Kier alpha value is -2.34. The topological polar surface area (TPSA) is 79.0 Å². The van der Waals surface area contributed by atoms with E-state index in [1.54, 1.807) is 28.2 Å². The quantitative estimate of drug-likeness (QED) is 0.409. The van der Waals surface area contributed by atoms with Crippen LogP contribution in [0.3, 0.4) is 0 Å². The van der Waals surface area contributed by atoms with Gasteiger partial charge in [0.25, 0.3) is 0 Å². The molecule has 5 rings (SSSR count). The second kappa shape index (κ2) is 9.73. The van der Waals surface area contributed by atoms with Crippen LogP contribution in [0.15, 0.2) is 52.5 Å².